The number of benzene rings is 4. The number of hydrogen-bond acceptors (Lipinski definition) is 3. The normalized spacial score (nSPS) is 11.4. The Labute approximate surface area is 207 Å². The summed E-state index contributed by atoms with van der Waals surface area (Å²) in [6.45, 7) is 0. The van der Waals surface area contributed by atoms with Gasteiger partial charge in [0, 0.05) is 24.1 Å². The maximum atomic E-state index is 5.50. The summed E-state index contributed by atoms with van der Waals surface area (Å²) in [6, 6.07) is 34.6. The largest absolute Gasteiger partial charge is 0.497 e. The van der Waals surface area contributed by atoms with Crippen molar-refractivity contribution in [3.8, 4) is 17.2 Å². The molecule has 0 radical (unpaired) electrons. The van der Waals surface area contributed by atoms with Crippen molar-refractivity contribution in [3.05, 3.63) is 103 Å². The van der Waals surface area contributed by atoms with E-state index in [1.165, 1.54) is 32.1 Å². The summed E-state index contributed by atoms with van der Waals surface area (Å²) in [5, 5.41) is 6.28. The van der Waals surface area contributed by atoms with Gasteiger partial charge in [-0.1, -0.05) is 0 Å². The average molecular weight is 483 g/mol. The van der Waals surface area contributed by atoms with Crippen LogP contribution in [-0.4, -0.2) is 25.9 Å². The maximum Gasteiger partial charge on any atom is 0.144 e. The van der Waals surface area contributed by atoms with Gasteiger partial charge >= 0.3 is 0 Å². The van der Waals surface area contributed by atoms with Crippen LogP contribution in [0.3, 0.4) is 0 Å². The van der Waals surface area contributed by atoms with Gasteiger partial charge in [0.2, 0.25) is 0 Å². The third-order valence-electron chi connectivity index (χ3n) is 6.64. The zero-order valence-corrected chi connectivity index (χ0v) is 21.3. The molecule has 5 heteroatoms. The second-order valence-electron chi connectivity index (χ2n) is 8.43. The van der Waals surface area contributed by atoms with Crippen molar-refractivity contribution in [1.29, 1.82) is 0 Å². The Morgan fingerprint density at radius 1 is 0.514 bits per heavy atom. The molecule has 0 N–H and O–H groups in total. The molecule has 5 aromatic rings. The molecule has 1 heterocycles. The Morgan fingerprint density at radius 2 is 0.914 bits per heavy atom. The molecule has 0 aliphatic heterocycles. The first-order chi connectivity index (χ1) is 17.1. The SMILES string of the molecule is COc1ccc([P+](c2ccc(OC)cc2)(c2ccc(OC)cc2)c2ccc3c(ccn3C)c2)cc1. The first kappa shape index (κ1) is 23.0. The molecule has 0 saturated heterocycles. The van der Waals surface area contributed by atoms with Crippen LogP contribution in [0.5, 0.6) is 17.2 Å². The monoisotopic (exact) mass is 482 g/mol. The summed E-state index contributed by atoms with van der Waals surface area (Å²) >= 11 is 0. The number of methoxy groups -OCH3 is 3. The highest BCUT2D eigenvalue weighted by Crippen LogP contribution is 2.55. The van der Waals surface area contributed by atoms with Crippen LogP contribution >= 0.6 is 7.26 Å². The summed E-state index contributed by atoms with van der Waals surface area (Å²) in [6.07, 6.45) is 2.11. The highest BCUT2D eigenvalue weighted by Gasteiger charge is 2.48. The molecule has 0 saturated carbocycles. The number of aromatic nitrogens is 1. The predicted molar refractivity (Wildman–Crippen MR) is 147 cm³/mol. The van der Waals surface area contributed by atoms with Crippen LogP contribution in [-0.2, 0) is 7.05 Å². The van der Waals surface area contributed by atoms with Crippen LogP contribution in [0.15, 0.2) is 103 Å². The fraction of sp³-hybridized carbons (Fsp3) is 0.133. The molecule has 35 heavy (non-hydrogen) atoms. The number of ether oxygens (including phenoxy) is 3. The quantitative estimate of drug-likeness (QED) is 0.312. The fourth-order valence-electron chi connectivity index (χ4n) is 4.79. The first-order valence-corrected chi connectivity index (χ1v) is 13.3. The van der Waals surface area contributed by atoms with Gasteiger partial charge in [-0.05, 0) is 97.1 Å². The number of aryl methyl sites for hydroxylation is 1. The van der Waals surface area contributed by atoms with E-state index < -0.39 is 7.26 Å². The highest BCUT2D eigenvalue weighted by atomic mass is 31.2. The summed E-state index contributed by atoms with van der Waals surface area (Å²) < 4.78 is 18.6. The van der Waals surface area contributed by atoms with Gasteiger partial charge < -0.3 is 18.8 Å². The molecule has 0 aliphatic carbocycles. The molecule has 0 bridgehead atoms. The fourth-order valence-corrected chi connectivity index (χ4v) is 9.00. The van der Waals surface area contributed by atoms with Crippen LogP contribution in [0.25, 0.3) is 10.9 Å². The summed E-state index contributed by atoms with van der Waals surface area (Å²) in [7, 11) is 4.92. The molecular formula is C30H29NO3P+. The van der Waals surface area contributed by atoms with Crippen molar-refractivity contribution in [3.63, 3.8) is 0 Å². The van der Waals surface area contributed by atoms with Crippen molar-refractivity contribution in [1.82, 2.24) is 4.57 Å². The van der Waals surface area contributed by atoms with Crippen molar-refractivity contribution in [2.45, 2.75) is 0 Å². The zero-order valence-electron chi connectivity index (χ0n) is 20.4. The van der Waals surface area contributed by atoms with Crippen LogP contribution < -0.4 is 35.4 Å². The van der Waals surface area contributed by atoms with Gasteiger partial charge in [0.15, 0.2) is 0 Å². The molecule has 5 rings (SSSR count). The molecule has 0 unspecified atom stereocenters. The van der Waals surface area contributed by atoms with Crippen LogP contribution in [0.4, 0.5) is 0 Å². The van der Waals surface area contributed by atoms with E-state index in [2.05, 4.69) is 115 Å². The van der Waals surface area contributed by atoms with E-state index in [0.29, 0.717) is 0 Å². The van der Waals surface area contributed by atoms with Crippen LogP contribution in [0, 0.1) is 0 Å². The lowest BCUT2D eigenvalue weighted by molar-refractivity contribution is 0.415. The van der Waals surface area contributed by atoms with Crippen molar-refractivity contribution in [2.24, 2.45) is 7.05 Å². The summed E-state index contributed by atoms with van der Waals surface area (Å²) in [5.74, 6) is 2.53. The van der Waals surface area contributed by atoms with Crippen LogP contribution in [0.2, 0.25) is 0 Å². The van der Waals surface area contributed by atoms with Gasteiger partial charge in [0.05, 0.1) is 21.3 Å². The van der Waals surface area contributed by atoms with Gasteiger partial charge in [0.1, 0.15) is 45.7 Å². The lowest BCUT2D eigenvalue weighted by Crippen LogP contribution is -2.38. The second kappa shape index (κ2) is 9.48. The second-order valence-corrected chi connectivity index (χ2v) is 11.8. The lowest BCUT2D eigenvalue weighted by Gasteiger charge is -2.28. The number of hydrogen-bond donors (Lipinski definition) is 0. The molecule has 0 spiro atoms. The summed E-state index contributed by atoms with van der Waals surface area (Å²) in [4.78, 5) is 0. The molecule has 0 aliphatic rings. The van der Waals surface area contributed by atoms with Gasteiger partial charge in [-0.2, -0.15) is 0 Å². The van der Waals surface area contributed by atoms with Crippen molar-refractivity contribution >= 4 is 39.4 Å². The van der Waals surface area contributed by atoms with E-state index in [0.717, 1.165) is 17.2 Å². The molecule has 0 atom stereocenters. The number of nitrogens with zero attached hydrogens (tertiary/aromatic N) is 1. The van der Waals surface area contributed by atoms with Crippen molar-refractivity contribution in [2.75, 3.05) is 21.3 Å². The van der Waals surface area contributed by atoms with Crippen LogP contribution in [0.1, 0.15) is 0 Å². The summed E-state index contributed by atoms with van der Waals surface area (Å²) in [5.41, 5.74) is 1.21. The van der Waals surface area contributed by atoms with Crippen molar-refractivity contribution < 1.29 is 14.2 Å². The average Bonchev–Trinajstić information content (AvgIpc) is 3.30. The Hall–Kier alpha value is -3.75. The Kier molecular flexibility index (Phi) is 6.23. The van der Waals surface area contributed by atoms with Gasteiger partial charge in [-0.25, -0.2) is 0 Å². The first-order valence-electron chi connectivity index (χ1n) is 11.5. The minimum atomic E-state index is -2.27. The Balaban J connectivity index is 1.87. The van der Waals surface area contributed by atoms with E-state index in [-0.39, 0.29) is 0 Å². The molecule has 4 aromatic carbocycles. The zero-order chi connectivity index (χ0) is 24.4. The number of rotatable bonds is 7. The highest BCUT2D eigenvalue weighted by molar-refractivity contribution is 8.01. The molecule has 0 amide bonds. The van der Waals surface area contributed by atoms with E-state index in [4.69, 9.17) is 14.2 Å². The van der Waals surface area contributed by atoms with Gasteiger partial charge in [-0.15, -0.1) is 0 Å². The molecule has 0 fully saturated rings. The predicted octanol–water partition coefficient (Wildman–Crippen LogP) is 4.82. The van der Waals surface area contributed by atoms with E-state index in [1.807, 2.05) is 0 Å². The van der Waals surface area contributed by atoms with Gasteiger partial charge in [-0.3, -0.25) is 0 Å². The third kappa shape index (κ3) is 3.94. The smallest absolute Gasteiger partial charge is 0.144 e. The van der Waals surface area contributed by atoms with Gasteiger partial charge in [0.25, 0.3) is 0 Å². The molecule has 176 valence electrons. The Morgan fingerprint density at radius 3 is 1.31 bits per heavy atom. The topological polar surface area (TPSA) is 32.6 Å². The van der Waals surface area contributed by atoms with E-state index in [1.54, 1.807) is 21.3 Å². The molecule has 4 nitrogen and oxygen atoms in total. The number of fused-ring (bicyclic) bond motifs is 1. The Bertz CT molecular complexity index is 1320. The van der Waals surface area contributed by atoms with E-state index in [9.17, 15) is 0 Å². The molecule has 1 aromatic heterocycles. The standard InChI is InChI=1S/C30H29NO3P/c1-31-20-19-22-21-29(17-18-30(22)31)35(26-11-5-23(32-2)6-12-26,27-13-7-24(33-3)8-14-27)28-15-9-25(34-4)10-16-28/h5-21H,1-4H3/q+1. The molecular weight excluding hydrogens is 453 g/mol. The maximum absolute atomic E-state index is 5.50. The van der Waals surface area contributed by atoms with E-state index >= 15 is 0 Å². The minimum Gasteiger partial charge on any atom is -0.497 e. The minimum absolute atomic E-state index is 0.842. The lowest BCUT2D eigenvalue weighted by atomic mass is 10.2. The third-order valence-corrected chi connectivity index (χ3v) is 10.9.